The van der Waals surface area contributed by atoms with E-state index in [4.69, 9.17) is 0 Å². The average Bonchev–Trinajstić information content (AvgIpc) is 3.38. The van der Waals surface area contributed by atoms with Gasteiger partial charge in [-0.3, -0.25) is 0 Å². The summed E-state index contributed by atoms with van der Waals surface area (Å²) in [5.74, 6) is 0.493. The molecular weight excluding hydrogens is 675 g/mol. The third-order valence-electron chi connectivity index (χ3n) is 12.8. The number of rotatable bonds is 5. The van der Waals surface area contributed by atoms with Crippen LogP contribution in [0.4, 0.5) is 17.1 Å². The fourth-order valence-electron chi connectivity index (χ4n) is 9.39. The van der Waals surface area contributed by atoms with Crippen molar-refractivity contribution in [1.29, 1.82) is 0 Å². The Kier molecular flexibility index (Phi) is 8.13. The summed E-state index contributed by atoms with van der Waals surface area (Å²) in [6.45, 7) is 25.4. The van der Waals surface area contributed by atoms with Crippen molar-refractivity contribution in [2.75, 3.05) is 4.90 Å². The molecule has 1 nitrogen and oxygen atoms in total. The normalized spacial score (nSPS) is 13.9. The zero-order valence-corrected chi connectivity index (χ0v) is 35.1. The molecule has 0 bridgehead atoms. The van der Waals surface area contributed by atoms with E-state index >= 15 is 0 Å². The Morgan fingerprint density at radius 1 is 0.482 bits per heavy atom. The molecule has 8 aromatic carbocycles. The fraction of sp³-hybridized carbons (Fsp3) is 0.273. The molecule has 56 heavy (non-hydrogen) atoms. The van der Waals surface area contributed by atoms with Gasteiger partial charge in [0.2, 0.25) is 0 Å². The zero-order chi connectivity index (χ0) is 39.5. The van der Waals surface area contributed by atoms with Crippen LogP contribution in [0.25, 0.3) is 54.6 Å². The number of hydrogen-bond acceptors (Lipinski definition) is 1. The van der Waals surface area contributed by atoms with Crippen LogP contribution in [0.5, 0.6) is 0 Å². The molecule has 1 heteroatoms. The number of nitrogens with zero attached hydrogens (tertiary/aromatic N) is 1. The molecule has 0 aliphatic heterocycles. The van der Waals surface area contributed by atoms with E-state index in [0.29, 0.717) is 5.92 Å². The molecule has 0 aromatic heterocycles. The minimum atomic E-state index is -0.180. The summed E-state index contributed by atoms with van der Waals surface area (Å²) in [4.78, 5) is 2.43. The van der Waals surface area contributed by atoms with Crippen LogP contribution in [0.3, 0.4) is 0 Å². The average molecular weight is 730 g/mol. The van der Waals surface area contributed by atoms with Gasteiger partial charge in [-0.05, 0) is 154 Å². The van der Waals surface area contributed by atoms with E-state index in [1.165, 1.54) is 105 Å². The predicted molar refractivity (Wildman–Crippen MR) is 244 cm³/mol. The summed E-state index contributed by atoms with van der Waals surface area (Å²) in [6.07, 6.45) is 0. The molecule has 0 unspecified atom stereocenters. The van der Waals surface area contributed by atoms with E-state index in [1.807, 2.05) is 0 Å². The molecule has 0 fully saturated rings. The maximum absolute atomic E-state index is 2.49. The van der Waals surface area contributed by atoms with Crippen LogP contribution in [0.1, 0.15) is 109 Å². The van der Waals surface area contributed by atoms with Crippen LogP contribution < -0.4 is 4.90 Å². The first-order valence-corrected chi connectivity index (χ1v) is 20.5. The molecule has 1 aliphatic rings. The Morgan fingerprint density at radius 3 is 1.52 bits per heavy atom. The Labute approximate surface area is 334 Å². The van der Waals surface area contributed by atoms with E-state index in [1.54, 1.807) is 0 Å². The second kappa shape index (κ2) is 12.6. The molecule has 9 rings (SSSR count). The molecule has 0 radical (unpaired) electrons. The van der Waals surface area contributed by atoms with Gasteiger partial charge >= 0.3 is 0 Å². The van der Waals surface area contributed by atoms with Gasteiger partial charge < -0.3 is 4.90 Å². The molecule has 0 N–H and O–H groups in total. The SMILES string of the molecule is Cc1cc(-c2ccc3c(c2)C(C)(C)c2cc(N(c4ccc(C(C)(C)C)cc4)c4ccc(C(C)(C)C)cc4)ccc2-3)c2ccc3cc(C(C)C)cc4ccc1c2c43. The molecule has 8 aromatic rings. The second-order valence-corrected chi connectivity index (χ2v) is 19.4. The first kappa shape index (κ1) is 36.3. The lowest BCUT2D eigenvalue weighted by Crippen LogP contribution is -2.17. The van der Waals surface area contributed by atoms with Crippen molar-refractivity contribution in [3.05, 3.63) is 161 Å². The third-order valence-corrected chi connectivity index (χ3v) is 12.8. The van der Waals surface area contributed by atoms with Crippen LogP contribution >= 0.6 is 0 Å². The Hall–Kier alpha value is -5.40. The first-order valence-electron chi connectivity index (χ1n) is 20.5. The standard InChI is InChI=1S/C55H55N/c1-33(2)38-29-36-13-24-44-34(3)28-48(47-26-14-37(30-38)51(36)52(44)47)35-12-25-45-46-27-23-43(32-50(46)55(10,11)49(45)31-35)56(41-19-15-39(16-20-41)53(4,5)6)42-21-17-40(18-22-42)54(7,8)9/h12-33H,1-11H3. The van der Waals surface area contributed by atoms with Crippen LogP contribution in [0.15, 0.2) is 127 Å². The minimum Gasteiger partial charge on any atom is -0.310 e. The smallest absolute Gasteiger partial charge is 0.0465 e. The van der Waals surface area contributed by atoms with Crippen molar-refractivity contribution in [1.82, 2.24) is 0 Å². The summed E-state index contributed by atoms with van der Waals surface area (Å²) in [5.41, 5.74) is 17.0. The van der Waals surface area contributed by atoms with Gasteiger partial charge in [-0.2, -0.15) is 0 Å². The maximum Gasteiger partial charge on any atom is 0.0465 e. The first-order chi connectivity index (χ1) is 26.5. The molecule has 280 valence electrons. The molecular formula is C55H55N. The number of fused-ring (bicyclic) bond motifs is 3. The molecule has 0 saturated carbocycles. The maximum atomic E-state index is 2.49. The second-order valence-electron chi connectivity index (χ2n) is 19.4. The van der Waals surface area contributed by atoms with Crippen LogP contribution in [-0.4, -0.2) is 0 Å². The highest BCUT2D eigenvalue weighted by atomic mass is 15.1. The predicted octanol–water partition coefficient (Wildman–Crippen LogP) is 16.1. The Balaban J connectivity index is 1.16. The summed E-state index contributed by atoms with van der Waals surface area (Å²) in [6, 6.07) is 49.3. The summed E-state index contributed by atoms with van der Waals surface area (Å²) in [7, 11) is 0. The van der Waals surface area contributed by atoms with E-state index in [0.717, 1.165) is 0 Å². The van der Waals surface area contributed by atoms with Gasteiger partial charge in [-0.25, -0.2) is 0 Å². The Morgan fingerprint density at radius 2 is 0.982 bits per heavy atom. The lowest BCUT2D eigenvalue weighted by molar-refractivity contribution is 0.590. The molecule has 0 amide bonds. The van der Waals surface area contributed by atoms with E-state index in [9.17, 15) is 0 Å². The van der Waals surface area contributed by atoms with E-state index in [2.05, 4.69) is 208 Å². The van der Waals surface area contributed by atoms with Crippen molar-refractivity contribution in [2.45, 2.75) is 98.3 Å². The monoisotopic (exact) mass is 729 g/mol. The molecule has 0 saturated heterocycles. The lowest BCUT2D eigenvalue weighted by atomic mass is 9.80. The van der Waals surface area contributed by atoms with Crippen LogP contribution in [-0.2, 0) is 16.2 Å². The van der Waals surface area contributed by atoms with Crippen molar-refractivity contribution < 1.29 is 0 Å². The number of hydrogen-bond donors (Lipinski definition) is 0. The number of aryl methyl sites for hydroxylation is 1. The van der Waals surface area contributed by atoms with E-state index in [-0.39, 0.29) is 16.2 Å². The largest absolute Gasteiger partial charge is 0.310 e. The van der Waals surface area contributed by atoms with Crippen LogP contribution in [0.2, 0.25) is 0 Å². The summed E-state index contributed by atoms with van der Waals surface area (Å²) in [5, 5.41) is 8.15. The van der Waals surface area contributed by atoms with Gasteiger partial charge in [0.25, 0.3) is 0 Å². The highest BCUT2D eigenvalue weighted by Gasteiger charge is 2.36. The third kappa shape index (κ3) is 5.73. The van der Waals surface area contributed by atoms with Crippen molar-refractivity contribution in [3.63, 3.8) is 0 Å². The highest BCUT2D eigenvalue weighted by molar-refractivity contribution is 6.26. The topological polar surface area (TPSA) is 3.24 Å². The van der Waals surface area contributed by atoms with E-state index < -0.39 is 0 Å². The van der Waals surface area contributed by atoms with Crippen molar-refractivity contribution >= 4 is 49.4 Å². The quantitative estimate of drug-likeness (QED) is 0.159. The molecule has 1 aliphatic carbocycles. The molecule has 0 spiro atoms. The van der Waals surface area contributed by atoms with Gasteiger partial charge in [0.05, 0.1) is 0 Å². The fourth-order valence-corrected chi connectivity index (χ4v) is 9.39. The van der Waals surface area contributed by atoms with Crippen molar-refractivity contribution in [2.24, 2.45) is 0 Å². The van der Waals surface area contributed by atoms with Crippen molar-refractivity contribution in [3.8, 4) is 22.3 Å². The summed E-state index contributed by atoms with van der Waals surface area (Å²) < 4.78 is 0. The van der Waals surface area contributed by atoms with Gasteiger partial charge in [-0.1, -0.05) is 154 Å². The highest BCUT2D eigenvalue weighted by Crippen LogP contribution is 2.52. The minimum absolute atomic E-state index is 0.0910. The molecule has 0 atom stereocenters. The number of benzene rings is 8. The van der Waals surface area contributed by atoms with Gasteiger partial charge in [0.15, 0.2) is 0 Å². The van der Waals surface area contributed by atoms with Gasteiger partial charge in [0, 0.05) is 22.5 Å². The van der Waals surface area contributed by atoms with Gasteiger partial charge in [0.1, 0.15) is 0 Å². The van der Waals surface area contributed by atoms with Crippen LogP contribution in [0, 0.1) is 6.92 Å². The molecule has 0 heterocycles. The van der Waals surface area contributed by atoms with Gasteiger partial charge in [-0.15, -0.1) is 0 Å². The lowest BCUT2D eigenvalue weighted by Gasteiger charge is -2.29. The Bertz CT molecular complexity index is 2720. The number of anilines is 3. The zero-order valence-electron chi connectivity index (χ0n) is 35.1. The summed E-state index contributed by atoms with van der Waals surface area (Å²) >= 11 is 0.